The fourth-order valence-electron chi connectivity index (χ4n) is 1.34. The SMILES string of the molecule is N/C(CCN1CCCOCC1)=N\O. The molecule has 5 nitrogen and oxygen atoms in total. The lowest BCUT2D eigenvalue weighted by Gasteiger charge is -2.17. The van der Waals surface area contributed by atoms with Crippen LogP contribution in [0.1, 0.15) is 12.8 Å². The lowest BCUT2D eigenvalue weighted by Crippen LogP contribution is -2.30. The minimum absolute atomic E-state index is 0.296. The lowest BCUT2D eigenvalue weighted by molar-refractivity contribution is 0.142. The van der Waals surface area contributed by atoms with Crippen LogP contribution in [0.25, 0.3) is 0 Å². The molecule has 1 saturated heterocycles. The van der Waals surface area contributed by atoms with Gasteiger partial charge in [-0.15, -0.1) is 0 Å². The van der Waals surface area contributed by atoms with Gasteiger partial charge in [0.2, 0.25) is 0 Å². The van der Waals surface area contributed by atoms with Crippen molar-refractivity contribution in [2.45, 2.75) is 12.8 Å². The largest absolute Gasteiger partial charge is 0.409 e. The van der Waals surface area contributed by atoms with E-state index in [-0.39, 0.29) is 0 Å². The van der Waals surface area contributed by atoms with Crippen molar-refractivity contribution in [3.63, 3.8) is 0 Å². The molecule has 0 aromatic heterocycles. The zero-order valence-electron chi connectivity index (χ0n) is 7.78. The summed E-state index contributed by atoms with van der Waals surface area (Å²) in [5, 5.41) is 11.3. The number of amidine groups is 1. The van der Waals surface area contributed by atoms with Crippen molar-refractivity contribution >= 4 is 5.84 Å². The Labute approximate surface area is 78.1 Å². The van der Waals surface area contributed by atoms with E-state index in [2.05, 4.69) is 10.1 Å². The average molecular weight is 187 g/mol. The molecule has 1 aliphatic rings. The summed E-state index contributed by atoms with van der Waals surface area (Å²) in [4.78, 5) is 2.27. The molecule has 76 valence electrons. The fraction of sp³-hybridized carbons (Fsp3) is 0.875. The van der Waals surface area contributed by atoms with E-state index in [0.29, 0.717) is 12.3 Å². The number of ether oxygens (including phenoxy) is 1. The van der Waals surface area contributed by atoms with Crippen molar-refractivity contribution < 1.29 is 9.94 Å². The van der Waals surface area contributed by atoms with Gasteiger partial charge < -0.3 is 20.6 Å². The Balaban J connectivity index is 2.19. The summed E-state index contributed by atoms with van der Waals surface area (Å²) in [5.41, 5.74) is 5.37. The third-order valence-electron chi connectivity index (χ3n) is 2.13. The van der Waals surface area contributed by atoms with Crippen LogP contribution in [-0.2, 0) is 4.74 Å². The van der Waals surface area contributed by atoms with E-state index in [0.717, 1.165) is 39.3 Å². The van der Waals surface area contributed by atoms with E-state index in [1.54, 1.807) is 0 Å². The fourth-order valence-corrected chi connectivity index (χ4v) is 1.34. The van der Waals surface area contributed by atoms with Crippen LogP contribution in [-0.4, -0.2) is 48.8 Å². The molecule has 1 rings (SSSR count). The van der Waals surface area contributed by atoms with Gasteiger partial charge in [0.1, 0.15) is 5.84 Å². The van der Waals surface area contributed by atoms with Crippen LogP contribution >= 0.6 is 0 Å². The van der Waals surface area contributed by atoms with Crippen molar-refractivity contribution in [1.82, 2.24) is 4.90 Å². The molecular formula is C8H17N3O2. The Morgan fingerprint density at radius 1 is 1.46 bits per heavy atom. The minimum Gasteiger partial charge on any atom is -0.409 e. The molecule has 3 N–H and O–H groups in total. The van der Waals surface area contributed by atoms with Gasteiger partial charge in [0.05, 0.1) is 6.61 Å². The molecule has 5 heteroatoms. The van der Waals surface area contributed by atoms with Crippen molar-refractivity contribution in [3.05, 3.63) is 0 Å². The molecule has 0 amide bonds. The standard InChI is InChI=1S/C8H17N3O2/c9-8(10-12)2-4-11-3-1-6-13-7-5-11/h12H,1-7H2,(H2,9,10). The van der Waals surface area contributed by atoms with Gasteiger partial charge in [0.25, 0.3) is 0 Å². The van der Waals surface area contributed by atoms with E-state index in [1.807, 2.05) is 0 Å². The van der Waals surface area contributed by atoms with Crippen molar-refractivity contribution in [2.75, 3.05) is 32.8 Å². The summed E-state index contributed by atoms with van der Waals surface area (Å²) in [6, 6.07) is 0. The van der Waals surface area contributed by atoms with Gasteiger partial charge in [-0.05, 0) is 6.42 Å². The molecule has 0 atom stereocenters. The first-order valence-electron chi connectivity index (χ1n) is 4.59. The highest BCUT2D eigenvalue weighted by atomic mass is 16.5. The summed E-state index contributed by atoms with van der Waals surface area (Å²) in [7, 11) is 0. The maximum atomic E-state index is 8.34. The van der Waals surface area contributed by atoms with Crippen molar-refractivity contribution in [3.8, 4) is 0 Å². The molecule has 0 aromatic carbocycles. The van der Waals surface area contributed by atoms with E-state index in [4.69, 9.17) is 15.7 Å². The summed E-state index contributed by atoms with van der Waals surface area (Å²) in [6.07, 6.45) is 1.69. The molecule has 0 aromatic rings. The van der Waals surface area contributed by atoms with Gasteiger partial charge in [-0.2, -0.15) is 0 Å². The Hall–Kier alpha value is -0.810. The van der Waals surface area contributed by atoms with E-state index < -0.39 is 0 Å². The highest BCUT2D eigenvalue weighted by molar-refractivity contribution is 5.79. The van der Waals surface area contributed by atoms with Crippen LogP contribution in [0.5, 0.6) is 0 Å². The number of oxime groups is 1. The van der Waals surface area contributed by atoms with Crippen LogP contribution in [0.2, 0.25) is 0 Å². The molecule has 1 aliphatic heterocycles. The highest BCUT2D eigenvalue weighted by Crippen LogP contribution is 1.99. The molecule has 1 fully saturated rings. The van der Waals surface area contributed by atoms with Crippen LogP contribution in [0.15, 0.2) is 5.16 Å². The highest BCUT2D eigenvalue weighted by Gasteiger charge is 2.08. The second-order valence-electron chi connectivity index (χ2n) is 3.15. The number of hydrogen-bond acceptors (Lipinski definition) is 4. The molecule has 0 aliphatic carbocycles. The van der Waals surface area contributed by atoms with Gasteiger partial charge in [-0.1, -0.05) is 5.16 Å². The summed E-state index contributed by atoms with van der Waals surface area (Å²) in [5.74, 6) is 0.296. The molecule has 0 bridgehead atoms. The maximum Gasteiger partial charge on any atom is 0.140 e. The zero-order chi connectivity index (χ0) is 9.52. The van der Waals surface area contributed by atoms with Crippen LogP contribution in [0, 0.1) is 0 Å². The molecule has 1 heterocycles. The van der Waals surface area contributed by atoms with Crippen LogP contribution in [0.3, 0.4) is 0 Å². The first kappa shape index (κ1) is 10.3. The quantitative estimate of drug-likeness (QED) is 0.279. The molecular weight excluding hydrogens is 170 g/mol. The van der Waals surface area contributed by atoms with Crippen molar-refractivity contribution in [1.29, 1.82) is 0 Å². The van der Waals surface area contributed by atoms with Crippen molar-refractivity contribution in [2.24, 2.45) is 10.9 Å². The summed E-state index contributed by atoms with van der Waals surface area (Å²) in [6.45, 7) is 4.47. The Kier molecular flexibility index (Phi) is 4.56. The average Bonchev–Trinajstić information content (AvgIpc) is 2.42. The molecule has 13 heavy (non-hydrogen) atoms. The third-order valence-corrected chi connectivity index (χ3v) is 2.13. The van der Waals surface area contributed by atoms with Gasteiger partial charge in [0.15, 0.2) is 0 Å². The minimum atomic E-state index is 0.296. The molecule has 0 spiro atoms. The van der Waals surface area contributed by atoms with Crippen LogP contribution < -0.4 is 5.73 Å². The second-order valence-corrected chi connectivity index (χ2v) is 3.15. The second kappa shape index (κ2) is 5.77. The van der Waals surface area contributed by atoms with Crippen LogP contribution in [0.4, 0.5) is 0 Å². The third kappa shape index (κ3) is 4.10. The van der Waals surface area contributed by atoms with Gasteiger partial charge >= 0.3 is 0 Å². The first-order chi connectivity index (χ1) is 6.33. The summed E-state index contributed by atoms with van der Waals surface area (Å²) >= 11 is 0. The smallest absolute Gasteiger partial charge is 0.140 e. The Bertz CT molecular complexity index is 165. The first-order valence-corrected chi connectivity index (χ1v) is 4.59. The molecule has 0 unspecified atom stereocenters. The summed E-state index contributed by atoms with van der Waals surface area (Å²) < 4.78 is 5.31. The predicted octanol–water partition coefficient (Wildman–Crippen LogP) is -0.155. The molecule has 0 saturated carbocycles. The monoisotopic (exact) mass is 187 g/mol. The molecule has 0 radical (unpaired) electrons. The number of nitrogens with two attached hydrogens (primary N) is 1. The Morgan fingerprint density at radius 3 is 3.08 bits per heavy atom. The zero-order valence-corrected chi connectivity index (χ0v) is 7.78. The van der Waals surface area contributed by atoms with E-state index in [9.17, 15) is 0 Å². The van der Waals surface area contributed by atoms with E-state index in [1.165, 1.54) is 0 Å². The predicted molar refractivity (Wildman–Crippen MR) is 49.9 cm³/mol. The lowest BCUT2D eigenvalue weighted by atomic mass is 10.3. The topological polar surface area (TPSA) is 71.1 Å². The van der Waals surface area contributed by atoms with Gasteiger partial charge in [-0.3, -0.25) is 0 Å². The van der Waals surface area contributed by atoms with Gasteiger partial charge in [0, 0.05) is 32.7 Å². The number of nitrogens with zero attached hydrogens (tertiary/aromatic N) is 2. The van der Waals surface area contributed by atoms with E-state index >= 15 is 0 Å². The number of hydrogen-bond donors (Lipinski definition) is 2. The normalized spacial score (nSPS) is 21.4. The number of rotatable bonds is 3. The van der Waals surface area contributed by atoms with Gasteiger partial charge in [-0.25, -0.2) is 0 Å². The Morgan fingerprint density at radius 2 is 2.31 bits per heavy atom. The maximum absolute atomic E-state index is 8.34.